The van der Waals surface area contributed by atoms with Crippen molar-refractivity contribution in [2.24, 2.45) is 5.73 Å². The van der Waals surface area contributed by atoms with Crippen LogP contribution in [0, 0.1) is 0 Å². The summed E-state index contributed by atoms with van der Waals surface area (Å²) in [6.07, 6.45) is 1.83. The van der Waals surface area contributed by atoms with Crippen LogP contribution in [0.5, 0.6) is 0 Å². The molecule has 1 saturated heterocycles. The van der Waals surface area contributed by atoms with Gasteiger partial charge >= 0.3 is 0 Å². The number of hydrogen-bond acceptors (Lipinski definition) is 4. The minimum absolute atomic E-state index is 0.0338. The quantitative estimate of drug-likeness (QED) is 0.785. The Labute approximate surface area is 118 Å². The first-order valence-electron chi connectivity index (χ1n) is 6.00. The van der Waals surface area contributed by atoms with E-state index in [9.17, 15) is 8.42 Å². The second kappa shape index (κ2) is 5.96. The van der Waals surface area contributed by atoms with E-state index in [4.69, 9.17) is 22.7 Å². The first-order valence-corrected chi connectivity index (χ1v) is 7.89. The summed E-state index contributed by atoms with van der Waals surface area (Å²) < 4.78 is 32.2. The molecule has 7 heteroatoms. The SMILES string of the molecule is NC(=S)c1cccc(S(=O)(=O)NCC2CCCO2)c1. The topological polar surface area (TPSA) is 81.4 Å². The lowest BCUT2D eigenvalue weighted by Crippen LogP contribution is -2.32. The molecule has 0 spiro atoms. The van der Waals surface area contributed by atoms with Crippen molar-refractivity contribution in [3.8, 4) is 0 Å². The van der Waals surface area contributed by atoms with Gasteiger partial charge in [0.25, 0.3) is 0 Å². The third-order valence-corrected chi connectivity index (χ3v) is 4.61. The summed E-state index contributed by atoms with van der Waals surface area (Å²) >= 11 is 4.84. The van der Waals surface area contributed by atoms with Crippen LogP contribution < -0.4 is 10.5 Å². The summed E-state index contributed by atoms with van der Waals surface area (Å²) in [4.78, 5) is 0.340. The second-order valence-corrected chi connectivity index (χ2v) is 6.59. The minimum atomic E-state index is -3.55. The van der Waals surface area contributed by atoms with Crippen molar-refractivity contribution in [3.05, 3.63) is 29.8 Å². The van der Waals surface area contributed by atoms with E-state index >= 15 is 0 Å². The van der Waals surface area contributed by atoms with E-state index in [-0.39, 0.29) is 16.0 Å². The van der Waals surface area contributed by atoms with Gasteiger partial charge in [0, 0.05) is 18.7 Å². The van der Waals surface area contributed by atoms with Gasteiger partial charge in [-0.15, -0.1) is 0 Å². The Morgan fingerprint density at radius 1 is 1.53 bits per heavy atom. The first-order chi connectivity index (χ1) is 8.99. The lowest BCUT2D eigenvalue weighted by molar-refractivity contribution is 0.114. The lowest BCUT2D eigenvalue weighted by Gasteiger charge is -2.11. The summed E-state index contributed by atoms with van der Waals surface area (Å²) in [5.41, 5.74) is 6.03. The summed E-state index contributed by atoms with van der Waals surface area (Å²) in [6, 6.07) is 6.29. The molecule has 0 aromatic heterocycles. The van der Waals surface area contributed by atoms with Gasteiger partial charge in [-0.3, -0.25) is 0 Å². The monoisotopic (exact) mass is 300 g/mol. The summed E-state index contributed by atoms with van der Waals surface area (Å²) in [5, 5.41) is 0. The number of nitrogens with two attached hydrogens (primary N) is 1. The predicted molar refractivity (Wildman–Crippen MR) is 76.5 cm³/mol. The van der Waals surface area contributed by atoms with Crippen LogP contribution in [0.25, 0.3) is 0 Å². The largest absolute Gasteiger partial charge is 0.389 e. The highest BCUT2D eigenvalue weighted by atomic mass is 32.2. The normalized spacial score (nSPS) is 19.5. The van der Waals surface area contributed by atoms with Gasteiger partial charge in [0.15, 0.2) is 0 Å². The standard InChI is InChI=1S/C12H16N2O3S2/c13-12(18)9-3-1-5-11(7-9)19(15,16)14-8-10-4-2-6-17-10/h1,3,5,7,10,14H,2,4,6,8H2,(H2,13,18). The molecule has 1 atom stereocenters. The molecule has 1 unspecified atom stereocenters. The number of nitrogens with one attached hydrogen (secondary N) is 1. The molecule has 19 heavy (non-hydrogen) atoms. The lowest BCUT2D eigenvalue weighted by atomic mass is 10.2. The second-order valence-electron chi connectivity index (χ2n) is 4.38. The van der Waals surface area contributed by atoms with Crippen molar-refractivity contribution >= 4 is 27.2 Å². The van der Waals surface area contributed by atoms with Gasteiger partial charge in [0.05, 0.1) is 11.0 Å². The molecular weight excluding hydrogens is 284 g/mol. The molecule has 0 saturated carbocycles. The number of thiocarbonyl (C=S) groups is 1. The maximum atomic E-state index is 12.1. The third kappa shape index (κ3) is 3.73. The number of rotatable bonds is 5. The fraction of sp³-hybridized carbons (Fsp3) is 0.417. The molecule has 0 amide bonds. The Morgan fingerprint density at radius 2 is 2.32 bits per heavy atom. The molecule has 0 aliphatic carbocycles. The third-order valence-electron chi connectivity index (χ3n) is 2.95. The minimum Gasteiger partial charge on any atom is -0.389 e. The molecule has 1 aliphatic heterocycles. The van der Waals surface area contributed by atoms with Gasteiger partial charge in [-0.05, 0) is 25.0 Å². The van der Waals surface area contributed by atoms with E-state index in [0.717, 1.165) is 12.8 Å². The molecule has 3 N–H and O–H groups in total. The smallest absolute Gasteiger partial charge is 0.240 e. The van der Waals surface area contributed by atoms with E-state index < -0.39 is 10.0 Å². The van der Waals surface area contributed by atoms with Crippen LogP contribution in [-0.4, -0.2) is 32.7 Å². The molecule has 1 aromatic rings. The highest BCUT2D eigenvalue weighted by molar-refractivity contribution is 7.89. The van der Waals surface area contributed by atoms with Crippen molar-refractivity contribution < 1.29 is 13.2 Å². The number of benzene rings is 1. The summed E-state index contributed by atoms with van der Waals surface area (Å²) in [6.45, 7) is 0.989. The van der Waals surface area contributed by atoms with Crippen molar-refractivity contribution in [1.82, 2.24) is 4.72 Å². The van der Waals surface area contributed by atoms with Crippen LogP contribution in [0.2, 0.25) is 0 Å². The number of hydrogen-bond donors (Lipinski definition) is 2. The molecule has 0 bridgehead atoms. The van der Waals surface area contributed by atoms with Gasteiger partial charge in [0.2, 0.25) is 10.0 Å². The Hall–Kier alpha value is -1.02. The highest BCUT2D eigenvalue weighted by Gasteiger charge is 2.20. The van der Waals surface area contributed by atoms with Gasteiger partial charge in [-0.1, -0.05) is 24.4 Å². The zero-order valence-electron chi connectivity index (χ0n) is 10.3. The van der Waals surface area contributed by atoms with Crippen LogP contribution in [0.4, 0.5) is 0 Å². The Balaban J connectivity index is 2.09. The van der Waals surface area contributed by atoms with Crippen LogP contribution in [0.3, 0.4) is 0 Å². The predicted octanol–water partition coefficient (Wildman–Crippen LogP) is 0.778. The van der Waals surface area contributed by atoms with Gasteiger partial charge in [-0.2, -0.15) is 0 Å². The molecule has 1 aliphatic rings. The Bertz CT molecular complexity index is 566. The average Bonchev–Trinajstić information content (AvgIpc) is 2.90. The van der Waals surface area contributed by atoms with Gasteiger partial charge in [-0.25, -0.2) is 13.1 Å². The highest BCUT2D eigenvalue weighted by Crippen LogP contribution is 2.14. The average molecular weight is 300 g/mol. The van der Waals surface area contributed by atoms with Gasteiger partial charge in [0.1, 0.15) is 4.99 Å². The van der Waals surface area contributed by atoms with Crippen LogP contribution in [0.15, 0.2) is 29.2 Å². The van der Waals surface area contributed by atoms with E-state index in [1.54, 1.807) is 12.1 Å². The van der Waals surface area contributed by atoms with Crippen LogP contribution in [-0.2, 0) is 14.8 Å². The first kappa shape index (κ1) is 14.4. The summed E-state index contributed by atoms with van der Waals surface area (Å²) in [7, 11) is -3.55. The zero-order valence-corrected chi connectivity index (χ0v) is 12.0. The molecule has 1 fully saturated rings. The van der Waals surface area contributed by atoms with Gasteiger partial charge < -0.3 is 10.5 Å². The summed E-state index contributed by atoms with van der Waals surface area (Å²) in [5.74, 6) is 0. The zero-order chi connectivity index (χ0) is 13.9. The van der Waals surface area contributed by atoms with E-state index in [1.807, 2.05) is 0 Å². The van der Waals surface area contributed by atoms with Crippen LogP contribution >= 0.6 is 12.2 Å². The maximum absolute atomic E-state index is 12.1. The van der Waals surface area contributed by atoms with Crippen molar-refractivity contribution in [3.63, 3.8) is 0 Å². The molecule has 1 aromatic carbocycles. The Morgan fingerprint density at radius 3 is 2.95 bits per heavy atom. The molecule has 0 radical (unpaired) electrons. The van der Waals surface area contributed by atoms with Crippen molar-refractivity contribution in [2.45, 2.75) is 23.8 Å². The van der Waals surface area contributed by atoms with Crippen molar-refractivity contribution in [1.29, 1.82) is 0 Å². The molecular formula is C12H16N2O3S2. The van der Waals surface area contributed by atoms with Crippen molar-refractivity contribution in [2.75, 3.05) is 13.2 Å². The Kier molecular flexibility index (Phi) is 4.51. The molecule has 5 nitrogen and oxygen atoms in total. The number of ether oxygens (including phenoxy) is 1. The maximum Gasteiger partial charge on any atom is 0.240 e. The van der Waals surface area contributed by atoms with E-state index in [1.165, 1.54) is 12.1 Å². The van der Waals surface area contributed by atoms with Crippen LogP contribution in [0.1, 0.15) is 18.4 Å². The fourth-order valence-corrected chi connectivity index (χ4v) is 3.15. The number of sulfonamides is 1. The van der Waals surface area contributed by atoms with E-state index in [2.05, 4.69) is 4.72 Å². The molecule has 1 heterocycles. The molecule has 104 valence electrons. The molecule has 2 rings (SSSR count). The fourth-order valence-electron chi connectivity index (χ4n) is 1.91. The van der Waals surface area contributed by atoms with E-state index in [0.29, 0.717) is 18.7 Å².